The first-order valence-electron chi connectivity index (χ1n) is 23.6. The van der Waals surface area contributed by atoms with Crippen LogP contribution in [0.1, 0.15) is 81.1 Å². The Balaban J connectivity index is 0.000000241. The van der Waals surface area contributed by atoms with Crippen molar-refractivity contribution in [1.82, 2.24) is 25.3 Å². The fourth-order valence-corrected chi connectivity index (χ4v) is 6.65. The topological polar surface area (TPSA) is 98.7 Å². The molecule has 12 heteroatoms. The van der Waals surface area contributed by atoms with E-state index >= 15 is 0 Å². The van der Waals surface area contributed by atoms with Crippen LogP contribution in [0.2, 0.25) is 0 Å². The van der Waals surface area contributed by atoms with E-state index in [0.717, 1.165) is 54.7 Å². The number of benzene rings is 4. The molecule has 0 atom stereocenters. The number of halogens is 2. The number of nitrogens with one attached hydrogen (secondary N) is 2. The number of amides is 2. The lowest BCUT2D eigenvalue weighted by atomic mass is 10.0. The molecule has 6 rings (SSSR count). The van der Waals surface area contributed by atoms with E-state index < -0.39 is 13.1 Å². The third-order valence-electron chi connectivity index (χ3n) is 10.3. The van der Waals surface area contributed by atoms with Crippen LogP contribution in [-0.2, 0) is 31.0 Å². The van der Waals surface area contributed by atoms with Gasteiger partial charge in [0, 0.05) is 31.7 Å². The molecule has 2 saturated heterocycles. The fourth-order valence-electron chi connectivity index (χ4n) is 6.65. The van der Waals surface area contributed by atoms with E-state index in [0.29, 0.717) is 30.6 Å². The maximum absolute atomic E-state index is 13.3. The number of urea groups is 1. The molecule has 0 bridgehead atoms. The maximum atomic E-state index is 13.3. The second kappa shape index (κ2) is 27.0. The van der Waals surface area contributed by atoms with Crippen LogP contribution in [0, 0.1) is 23.5 Å². The first-order chi connectivity index (χ1) is 31.3. The molecule has 0 spiro atoms. The number of piperidine rings is 2. The standard InChI is InChI=1S/C25H34FN3O2.C13H19FN2.C12H15NO2/c1-19(2)18-31-24-10-6-20(7-11-24)16-27-25(30)29(23-12-14-28(3)15-13-23)17-21-4-8-22(26)9-5-21;1-16-8-6-13(7-9-16)15-10-11-2-4-12(14)5-3-11;1-10(2)8-15-12-5-3-11(4-6-12)7-13-9-14/h4-11,19,23H,12-18H2,1-3H3,(H,27,30);2-5,13,15H,6-10H2,1H3;3-6,10H,7-8H2,1-2H3/i18D2;;8D2. The van der Waals surface area contributed by atoms with Crippen LogP contribution in [-0.4, -0.2) is 92.3 Å². The molecule has 0 aromatic heterocycles. The van der Waals surface area contributed by atoms with Crippen LogP contribution < -0.4 is 20.1 Å². The molecular formula is C50H68F2N6O4. The van der Waals surface area contributed by atoms with Crippen LogP contribution in [0.4, 0.5) is 13.6 Å². The summed E-state index contributed by atoms with van der Waals surface area (Å²) < 4.78 is 67.9. The van der Waals surface area contributed by atoms with Crippen molar-refractivity contribution >= 4 is 12.1 Å². The molecule has 0 radical (unpaired) electrons. The highest BCUT2D eigenvalue weighted by molar-refractivity contribution is 5.74. The summed E-state index contributed by atoms with van der Waals surface area (Å²) in [5, 5.41) is 6.54. The summed E-state index contributed by atoms with van der Waals surface area (Å²) in [7, 11) is 4.25. The number of carbonyl (C=O) groups is 1. The SMILES string of the molecule is CN1CCC(NCc2ccc(F)cc2)CC1.[2H]C([2H])(Oc1ccc(CN=C=O)cc1)C(C)C.[2H]C([2H])(Oc1ccc(CNC(=O)N(Cc2ccc(F)cc2)C2CCN(C)CC2)cc1)C(C)C. The Hall–Kier alpha value is -5.13. The molecule has 10 nitrogen and oxygen atoms in total. The lowest BCUT2D eigenvalue weighted by Gasteiger charge is -2.37. The van der Waals surface area contributed by atoms with Crippen LogP contribution in [0.5, 0.6) is 11.5 Å². The first kappa shape index (κ1) is 43.5. The van der Waals surface area contributed by atoms with Gasteiger partial charge in [0.25, 0.3) is 0 Å². The molecule has 2 fully saturated rings. The number of aliphatic imine (C=N–C) groups is 1. The van der Waals surface area contributed by atoms with Gasteiger partial charge in [-0.25, -0.2) is 23.4 Å². The number of rotatable bonds is 16. The highest BCUT2D eigenvalue weighted by atomic mass is 19.1. The molecule has 4 aromatic carbocycles. The van der Waals surface area contributed by atoms with Gasteiger partial charge in [-0.3, -0.25) is 0 Å². The minimum Gasteiger partial charge on any atom is -0.493 e. The highest BCUT2D eigenvalue weighted by Crippen LogP contribution is 2.20. The van der Waals surface area contributed by atoms with E-state index in [1.54, 1.807) is 76.2 Å². The monoisotopic (exact) mass is 859 g/mol. The van der Waals surface area contributed by atoms with Crippen molar-refractivity contribution in [2.75, 3.05) is 53.4 Å². The number of ether oxygens (including phenoxy) is 2. The average Bonchev–Trinajstić information content (AvgIpc) is 3.29. The number of hydrogen-bond acceptors (Lipinski definition) is 8. The Morgan fingerprint density at radius 1 is 0.710 bits per heavy atom. The predicted octanol–water partition coefficient (Wildman–Crippen LogP) is 9.23. The summed E-state index contributed by atoms with van der Waals surface area (Å²) in [6.07, 6.45) is 5.68. The molecule has 0 unspecified atom stereocenters. The summed E-state index contributed by atoms with van der Waals surface area (Å²) in [4.78, 5) is 33.0. The number of carbonyl (C=O) groups excluding carboxylic acids is 2. The fraction of sp³-hybridized carbons (Fsp3) is 0.480. The van der Waals surface area contributed by atoms with Gasteiger partial charge in [-0.2, -0.15) is 0 Å². The molecule has 0 saturated carbocycles. The molecule has 2 heterocycles. The summed E-state index contributed by atoms with van der Waals surface area (Å²) >= 11 is 0. The largest absolute Gasteiger partial charge is 0.493 e. The van der Waals surface area contributed by atoms with Crippen LogP contribution in [0.15, 0.2) is 102 Å². The summed E-state index contributed by atoms with van der Waals surface area (Å²) in [6, 6.07) is 27.5. The molecule has 2 aliphatic heterocycles. The van der Waals surface area contributed by atoms with Gasteiger partial charge in [0.2, 0.25) is 6.08 Å². The van der Waals surface area contributed by atoms with Gasteiger partial charge < -0.3 is 34.8 Å². The van der Waals surface area contributed by atoms with Crippen molar-refractivity contribution in [2.24, 2.45) is 16.8 Å². The first-order valence-corrected chi connectivity index (χ1v) is 21.6. The van der Waals surface area contributed by atoms with E-state index in [1.165, 1.54) is 56.3 Å². The number of isocyanates is 1. The Bertz CT molecular complexity index is 2080. The van der Waals surface area contributed by atoms with Gasteiger partial charge in [-0.05, 0) is 149 Å². The van der Waals surface area contributed by atoms with Gasteiger partial charge in [0.15, 0.2) is 0 Å². The van der Waals surface area contributed by atoms with Crippen LogP contribution in [0.25, 0.3) is 0 Å². The van der Waals surface area contributed by atoms with Gasteiger partial charge in [0.1, 0.15) is 23.1 Å². The normalized spacial score (nSPS) is 16.2. The second-order valence-electron chi connectivity index (χ2n) is 16.5. The molecule has 0 aliphatic carbocycles. The molecule has 2 amide bonds. The Labute approximate surface area is 374 Å². The zero-order chi connectivity index (χ0) is 48.3. The summed E-state index contributed by atoms with van der Waals surface area (Å²) in [5.74, 6) is -0.0495. The van der Waals surface area contributed by atoms with Gasteiger partial charge in [-0.1, -0.05) is 76.2 Å². The molecule has 336 valence electrons. The Morgan fingerprint density at radius 3 is 1.63 bits per heavy atom. The smallest absolute Gasteiger partial charge is 0.318 e. The zero-order valence-corrected chi connectivity index (χ0v) is 37.2. The Morgan fingerprint density at radius 2 is 1.15 bits per heavy atom. The van der Waals surface area contributed by atoms with Crippen molar-refractivity contribution < 1.29 is 33.3 Å². The van der Waals surface area contributed by atoms with Gasteiger partial charge in [0.05, 0.1) is 25.1 Å². The highest BCUT2D eigenvalue weighted by Gasteiger charge is 2.27. The number of nitrogens with zero attached hydrogens (tertiary/aromatic N) is 4. The maximum Gasteiger partial charge on any atom is 0.318 e. The number of likely N-dealkylation sites (tertiary alicyclic amines) is 2. The molecule has 4 aromatic rings. The van der Waals surface area contributed by atoms with E-state index in [2.05, 4.69) is 39.5 Å². The van der Waals surface area contributed by atoms with Crippen LogP contribution in [0.3, 0.4) is 0 Å². The quantitative estimate of drug-likeness (QED) is 0.0857. The van der Waals surface area contributed by atoms with Gasteiger partial charge in [-0.15, -0.1) is 0 Å². The molecule has 2 aliphatic rings. The third kappa shape index (κ3) is 19.3. The van der Waals surface area contributed by atoms with Crippen molar-refractivity contribution in [3.05, 3.63) is 131 Å². The van der Waals surface area contributed by atoms with Crippen molar-refractivity contribution in [2.45, 2.75) is 91.6 Å². The van der Waals surface area contributed by atoms with Crippen molar-refractivity contribution in [1.29, 1.82) is 0 Å². The second-order valence-corrected chi connectivity index (χ2v) is 16.5. The van der Waals surface area contributed by atoms with E-state index in [1.807, 2.05) is 29.2 Å². The minimum absolute atomic E-state index is 0.125. The zero-order valence-electron chi connectivity index (χ0n) is 41.2. The summed E-state index contributed by atoms with van der Waals surface area (Å²) in [5.41, 5.74) is 3.79. The Kier molecular flexibility index (Phi) is 19.0. The molecule has 62 heavy (non-hydrogen) atoms. The summed E-state index contributed by atoms with van der Waals surface area (Å²) in [6.45, 7) is 9.72. The van der Waals surface area contributed by atoms with E-state index in [4.69, 9.17) is 15.0 Å². The predicted molar refractivity (Wildman–Crippen MR) is 244 cm³/mol. The molecule has 2 N–H and O–H groups in total. The number of hydrogen-bond donors (Lipinski definition) is 2. The van der Waals surface area contributed by atoms with Crippen LogP contribution >= 0.6 is 0 Å². The lowest BCUT2D eigenvalue weighted by Crippen LogP contribution is -2.49. The average molecular weight is 859 g/mol. The van der Waals surface area contributed by atoms with E-state index in [9.17, 15) is 18.4 Å². The van der Waals surface area contributed by atoms with Crippen molar-refractivity contribution in [3.8, 4) is 11.5 Å². The molecular weight excluding hydrogens is 787 g/mol. The van der Waals surface area contributed by atoms with E-state index in [-0.39, 0.29) is 42.1 Å². The lowest BCUT2D eigenvalue weighted by molar-refractivity contribution is 0.127. The third-order valence-corrected chi connectivity index (χ3v) is 10.3. The minimum atomic E-state index is -1.75. The van der Waals surface area contributed by atoms with Crippen molar-refractivity contribution in [3.63, 3.8) is 0 Å². The van der Waals surface area contributed by atoms with Gasteiger partial charge >= 0.3 is 6.03 Å².